The number of hydrogen-bond acceptors (Lipinski definition) is 5. The Kier molecular flexibility index (Phi) is 2.37. The molecule has 68 valence electrons. The first-order valence-electron chi connectivity index (χ1n) is 3.95. The number of fused-ring (bicyclic) bond motifs is 1. The summed E-state index contributed by atoms with van der Waals surface area (Å²) >= 11 is 1.58. The Bertz CT molecular complexity index is 401. The third kappa shape index (κ3) is 1.61. The zero-order valence-corrected chi connectivity index (χ0v) is 7.71. The molecule has 0 saturated heterocycles. The van der Waals surface area contributed by atoms with Crippen molar-refractivity contribution in [2.75, 3.05) is 18.5 Å². The van der Waals surface area contributed by atoms with Crippen LogP contribution in [0.1, 0.15) is 0 Å². The normalized spacial score (nSPS) is 10.5. The van der Waals surface area contributed by atoms with Gasteiger partial charge in [-0.3, -0.25) is 0 Å². The Morgan fingerprint density at radius 1 is 1.46 bits per heavy atom. The van der Waals surface area contributed by atoms with E-state index in [1.807, 2.05) is 11.4 Å². The molecule has 0 aliphatic heterocycles. The van der Waals surface area contributed by atoms with Crippen LogP contribution in [0.15, 0.2) is 17.8 Å². The number of anilines is 1. The molecular weight excluding hydrogens is 186 g/mol. The van der Waals surface area contributed by atoms with Crippen LogP contribution in [0.5, 0.6) is 0 Å². The molecule has 4 nitrogen and oxygen atoms in total. The fourth-order valence-corrected chi connectivity index (χ4v) is 1.84. The van der Waals surface area contributed by atoms with Crippen LogP contribution in [0, 0.1) is 0 Å². The number of hydrogen-bond donors (Lipinski definition) is 2. The van der Waals surface area contributed by atoms with E-state index in [-0.39, 0.29) is 6.61 Å². The lowest BCUT2D eigenvalue weighted by Gasteiger charge is -2.02. The summed E-state index contributed by atoms with van der Waals surface area (Å²) in [5.41, 5.74) is 0. The Hall–Kier alpha value is -1.20. The molecule has 0 unspecified atom stereocenters. The number of aliphatic hydroxyl groups excluding tert-OH is 1. The second-order valence-corrected chi connectivity index (χ2v) is 3.41. The van der Waals surface area contributed by atoms with E-state index in [1.165, 1.54) is 6.33 Å². The Balaban J connectivity index is 2.37. The van der Waals surface area contributed by atoms with Crippen molar-refractivity contribution in [1.82, 2.24) is 9.97 Å². The Morgan fingerprint density at radius 3 is 3.23 bits per heavy atom. The van der Waals surface area contributed by atoms with Gasteiger partial charge in [-0.05, 0) is 11.4 Å². The summed E-state index contributed by atoms with van der Waals surface area (Å²) in [7, 11) is 0. The average Bonchev–Trinajstić information content (AvgIpc) is 2.62. The number of thiophene rings is 1. The zero-order chi connectivity index (χ0) is 9.10. The smallest absolute Gasteiger partial charge is 0.138 e. The minimum absolute atomic E-state index is 0.107. The van der Waals surface area contributed by atoms with Gasteiger partial charge in [0.1, 0.15) is 17.0 Å². The minimum atomic E-state index is 0.107. The fourth-order valence-electron chi connectivity index (χ4n) is 1.11. The van der Waals surface area contributed by atoms with Crippen LogP contribution in [0.3, 0.4) is 0 Å². The highest BCUT2D eigenvalue weighted by atomic mass is 32.1. The summed E-state index contributed by atoms with van der Waals surface area (Å²) < 4.78 is 0. The molecule has 2 N–H and O–H groups in total. The van der Waals surface area contributed by atoms with Crippen molar-refractivity contribution < 1.29 is 5.11 Å². The molecule has 0 aromatic carbocycles. The van der Waals surface area contributed by atoms with Crippen molar-refractivity contribution in [3.05, 3.63) is 17.8 Å². The summed E-state index contributed by atoms with van der Waals surface area (Å²) in [5, 5.41) is 14.7. The number of rotatable bonds is 3. The predicted octanol–water partition coefficient (Wildman–Crippen LogP) is 1.10. The van der Waals surface area contributed by atoms with Crippen LogP contribution in [0.4, 0.5) is 5.82 Å². The highest BCUT2D eigenvalue weighted by molar-refractivity contribution is 7.16. The van der Waals surface area contributed by atoms with Gasteiger partial charge in [0.05, 0.1) is 12.0 Å². The van der Waals surface area contributed by atoms with Crippen molar-refractivity contribution in [3.63, 3.8) is 0 Å². The van der Waals surface area contributed by atoms with E-state index in [0.29, 0.717) is 6.54 Å². The minimum Gasteiger partial charge on any atom is -0.395 e. The van der Waals surface area contributed by atoms with Crippen LogP contribution in [-0.2, 0) is 0 Å². The first kappa shape index (κ1) is 8.40. The van der Waals surface area contributed by atoms with Gasteiger partial charge in [0.15, 0.2) is 0 Å². The second-order valence-electron chi connectivity index (χ2n) is 2.51. The van der Waals surface area contributed by atoms with Gasteiger partial charge in [0.2, 0.25) is 0 Å². The summed E-state index contributed by atoms with van der Waals surface area (Å²) in [5.74, 6) is 0.792. The van der Waals surface area contributed by atoms with Crippen LogP contribution in [-0.4, -0.2) is 28.2 Å². The summed E-state index contributed by atoms with van der Waals surface area (Å²) in [6.07, 6.45) is 1.53. The van der Waals surface area contributed by atoms with Gasteiger partial charge in [-0.25, -0.2) is 9.97 Å². The highest BCUT2D eigenvalue weighted by Crippen LogP contribution is 2.23. The van der Waals surface area contributed by atoms with Crippen LogP contribution in [0.2, 0.25) is 0 Å². The molecule has 2 heterocycles. The van der Waals surface area contributed by atoms with E-state index in [4.69, 9.17) is 5.11 Å². The van der Waals surface area contributed by atoms with E-state index in [1.54, 1.807) is 11.3 Å². The molecule has 2 aromatic heterocycles. The number of nitrogens with zero attached hydrogens (tertiary/aromatic N) is 2. The quantitative estimate of drug-likeness (QED) is 0.770. The van der Waals surface area contributed by atoms with Gasteiger partial charge < -0.3 is 10.4 Å². The fraction of sp³-hybridized carbons (Fsp3) is 0.250. The summed E-state index contributed by atoms with van der Waals surface area (Å²) in [6.45, 7) is 0.623. The number of nitrogens with one attached hydrogen (secondary N) is 1. The lowest BCUT2D eigenvalue weighted by Crippen LogP contribution is -2.07. The monoisotopic (exact) mass is 195 g/mol. The van der Waals surface area contributed by atoms with Gasteiger partial charge in [-0.1, -0.05) is 0 Å². The van der Waals surface area contributed by atoms with E-state index < -0.39 is 0 Å². The van der Waals surface area contributed by atoms with E-state index >= 15 is 0 Å². The molecule has 0 saturated carbocycles. The molecule has 0 atom stereocenters. The molecule has 2 aromatic rings. The predicted molar refractivity (Wildman–Crippen MR) is 53.0 cm³/mol. The maximum atomic E-state index is 8.65. The van der Waals surface area contributed by atoms with Crippen LogP contribution >= 0.6 is 11.3 Å². The average molecular weight is 195 g/mol. The van der Waals surface area contributed by atoms with Crippen molar-refractivity contribution >= 4 is 27.4 Å². The molecular formula is C8H9N3OS. The van der Waals surface area contributed by atoms with Crippen LogP contribution in [0.25, 0.3) is 10.2 Å². The second kappa shape index (κ2) is 3.68. The lowest BCUT2D eigenvalue weighted by molar-refractivity contribution is 0.311. The van der Waals surface area contributed by atoms with Gasteiger partial charge in [0, 0.05) is 6.54 Å². The lowest BCUT2D eigenvalue weighted by atomic mass is 10.4. The molecule has 0 fully saturated rings. The molecule has 0 aliphatic rings. The van der Waals surface area contributed by atoms with Gasteiger partial charge in [-0.2, -0.15) is 0 Å². The van der Waals surface area contributed by atoms with Crippen molar-refractivity contribution in [2.24, 2.45) is 0 Å². The molecule has 0 radical (unpaired) electrons. The largest absolute Gasteiger partial charge is 0.395 e. The maximum Gasteiger partial charge on any atom is 0.138 e. The third-order valence-corrected chi connectivity index (χ3v) is 2.49. The molecule has 5 heteroatoms. The van der Waals surface area contributed by atoms with Crippen molar-refractivity contribution in [1.29, 1.82) is 0 Å². The molecule has 13 heavy (non-hydrogen) atoms. The molecule has 2 rings (SSSR count). The van der Waals surface area contributed by atoms with E-state index in [2.05, 4.69) is 15.3 Å². The van der Waals surface area contributed by atoms with Crippen molar-refractivity contribution in [3.8, 4) is 0 Å². The van der Waals surface area contributed by atoms with E-state index in [0.717, 1.165) is 16.0 Å². The third-order valence-electron chi connectivity index (χ3n) is 1.67. The first-order valence-corrected chi connectivity index (χ1v) is 4.82. The topological polar surface area (TPSA) is 58.0 Å². The van der Waals surface area contributed by atoms with Gasteiger partial charge in [-0.15, -0.1) is 11.3 Å². The number of aromatic nitrogens is 2. The van der Waals surface area contributed by atoms with Crippen molar-refractivity contribution in [2.45, 2.75) is 0 Å². The summed E-state index contributed by atoms with van der Waals surface area (Å²) in [4.78, 5) is 9.17. The standard InChI is InChI=1S/C8H9N3OS/c12-3-2-9-7-6-1-4-13-8(6)11-5-10-7/h1,4-5,12H,2-3H2,(H,9,10,11). The molecule has 0 bridgehead atoms. The zero-order valence-electron chi connectivity index (χ0n) is 6.90. The molecule has 0 amide bonds. The molecule has 0 spiro atoms. The SMILES string of the molecule is OCCNc1ncnc2sccc12. The number of aliphatic hydroxyl groups is 1. The summed E-state index contributed by atoms with van der Waals surface area (Å²) in [6, 6.07) is 1.97. The molecule has 0 aliphatic carbocycles. The van der Waals surface area contributed by atoms with Gasteiger partial charge in [0.25, 0.3) is 0 Å². The maximum absolute atomic E-state index is 8.65. The van der Waals surface area contributed by atoms with Gasteiger partial charge >= 0.3 is 0 Å². The highest BCUT2D eigenvalue weighted by Gasteiger charge is 2.02. The Labute approximate surface area is 79.3 Å². The Morgan fingerprint density at radius 2 is 2.38 bits per heavy atom. The van der Waals surface area contributed by atoms with E-state index in [9.17, 15) is 0 Å². The first-order chi connectivity index (χ1) is 6.42. The van der Waals surface area contributed by atoms with Crippen LogP contribution < -0.4 is 5.32 Å².